The summed E-state index contributed by atoms with van der Waals surface area (Å²) in [6, 6.07) is 38.4. The number of thioether (sulfide) groups is 1. The first-order valence-electron chi connectivity index (χ1n) is 11.0. The first-order chi connectivity index (χ1) is 16.2. The van der Waals surface area contributed by atoms with Gasteiger partial charge in [0.05, 0.1) is 19.8 Å². The molecule has 168 valence electrons. The fourth-order valence-electron chi connectivity index (χ4n) is 3.96. The molecular weight excluding hydrogens is 428 g/mol. The quantitative estimate of drug-likeness (QED) is 0.229. The highest BCUT2D eigenvalue weighted by molar-refractivity contribution is 7.99. The molecule has 0 saturated heterocycles. The molecule has 0 saturated carbocycles. The third-order valence-electron chi connectivity index (χ3n) is 5.53. The summed E-state index contributed by atoms with van der Waals surface area (Å²) >= 11 is 1.56. The Morgan fingerprint density at radius 2 is 1.15 bits per heavy atom. The van der Waals surface area contributed by atoms with Crippen molar-refractivity contribution in [2.75, 3.05) is 19.5 Å². The number of aliphatic hydroxyl groups is 1. The van der Waals surface area contributed by atoms with Gasteiger partial charge in [-0.2, -0.15) is 0 Å². The first-order valence-corrected chi connectivity index (χ1v) is 12.0. The highest BCUT2D eigenvalue weighted by Gasteiger charge is 2.38. The van der Waals surface area contributed by atoms with E-state index in [2.05, 4.69) is 36.4 Å². The van der Waals surface area contributed by atoms with E-state index in [1.165, 1.54) is 0 Å². The second-order valence-corrected chi connectivity index (χ2v) is 8.77. The van der Waals surface area contributed by atoms with E-state index >= 15 is 0 Å². The maximum absolute atomic E-state index is 10.9. The van der Waals surface area contributed by atoms with Crippen LogP contribution in [0.3, 0.4) is 0 Å². The van der Waals surface area contributed by atoms with Crippen LogP contribution in [0.1, 0.15) is 16.7 Å². The molecule has 0 spiro atoms. The number of ether oxygens (including phenoxy) is 2. The number of para-hydroxylation sites is 1. The van der Waals surface area contributed by atoms with Crippen molar-refractivity contribution >= 4 is 11.8 Å². The SMILES string of the molecule is COc1ccccc1SC[C@H](O)COC(c1ccccc1)(c1ccccc1)c1ccccc1. The molecule has 0 amide bonds. The van der Waals surface area contributed by atoms with Crippen LogP contribution in [0.2, 0.25) is 0 Å². The Morgan fingerprint density at radius 1 is 0.697 bits per heavy atom. The Bertz CT molecular complexity index is 1020. The predicted molar refractivity (Wildman–Crippen MR) is 135 cm³/mol. The van der Waals surface area contributed by atoms with E-state index in [1.807, 2.05) is 78.9 Å². The van der Waals surface area contributed by atoms with Crippen LogP contribution >= 0.6 is 11.8 Å². The third kappa shape index (κ3) is 5.31. The van der Waals surface area contributed by atoms with Crippen molar-refractivity contribution in [3.05, 3.63) is 132 Å². The fraction of sp³-hybridized carbons (Fsp3) is 0.172. The Balaban J connectivity index is 1.63. The van der Waals surface area contributed by atoms with Crippen LogP contribution in [0.25, 0.3) is 0 Å². The molecule has 33 heavy (non-hydrogen) atoms. The summed E-state index contributed by atoms with van der Waals surface area (Å²) in [4.78, 5) is 1.000. The Kier molecular flexibility index (Phi) is 7.84. The highest BCUT2D eigenvalue weighted by Crippen LogP contribution is 2.40. The normalized spacial score (nSPS) is 12.3. The lowest BCUT2D eigenvalue weighted by Crippen LogP contribution is -2.36. The molecule has 4 aromatic rings. The van der Waals surface area contributed by atoms with Crippen LogP contribution in [0.5, 0.6) is 5.75 Å². The summed E-state index contributed by atoms with van der Waals surface area (Å²) in [7, 11) is 1.66. The lowest BCUT2D eigenvalue weighted by Gasteiger charge is -2.36. The highest BCUT2D eigenvalue weighted by atomic mass is 32.2. The van der Waals surface area contributed by atoms with Gasteiger partial charge in [0.15, 0.2) is 0 Å². The van der Waals surface area contributed by atoms with E-state index in [9.17, 15) is 5.11 Å². The minimum Gasteiger partial charge on any atom is -0.496 e. The van der Waals surface area contributed by atoms with Gasteiger partial charge in [0, 0.05) is 10.6 Å². The van der Waals surface area contributed by atoms with E-state index in [-0.39, 0.29) is 6.61 Å². The molecule has 4 rings (SSSR count). The van der Waals surface area contributed by atoms with Gasteiger partial charge in [-0.25, -0.2) is 0 Å². The molecule has 0 aliphatic rings. The van der Waals surface area contributed by atoms with Crippen molar-refractivity contribution < 1.29 is 14.6 Å². The zero-order valence-corrected chi connectivity index (χ0v) is 19.4. The molecule has 0 heterocycles. The molecule has 4 heteroatoms. The van der Waals surface area contributed by atoms with Crippen LogP contribution in [-0.4, -0.2) is 30.7 Å². The average Bonchev–Trinajstić information content (AvgIpc) is 2.90. The molecule has 1 N–H and O–H groups in total. The Hall–Kier alpha value is -3.05. The van der Waals surface area contributed by atoms with Gasteiger partial charge in [0.1, 0.15) is 11.4 Å². The molecule has 0 aromatic heterocycles. The number of aliphatic hydroxyl groups excluding tert-OH is 1. The minimum absolute atomic E-state index is 0.181. The summed E-state index contributed by atoms with van der Waals surface area (Å²) < 4.78 is 12.1. The fourth-order valence-corrected chi connectivity index (χ4v) is 4.90. The number of methoxy groups -OCH3 is 1. The third-order valence-corrected chi connectivity index (χ3v) is 6.73. The van der Waals surface area contributed by atoms with Gasteiger partial charge in [-0.15, -0.1) is 11.8 Å². The first kappa shape index (κ1) is 23.1. The zero-order valence-electron chi connectivity index (χ0n) is 18.6. The number of hydrogen-bond acceptors (Lipinski definition) is 4. The zero-order chi connectivity index (χ0) is 22.9. The van der Waals surface area contributed by atoms with Crippen molar-refractivity contribution in [1.82, 2.24) is 0 Å². The van der Waals surface area contributed by atoms with E-state index < -0.39 is 11.7 Å². The van der Waals surface area contributed by atoms with Crippen LogP contribution in [0.4, 0.5) is 0 Å². The van der Waals surface area contributed by atoms with Crippen molar-refractivity contribution in [2.45, 2.75) is 16.6 Å². The van der Waals surface area contributed by atoms with Crippen LogP contribution in [0.15, 0.2) is 120 Å². The molecule has 0 aliphatic heterocycles. The van der Waals surface area contributed by atoms with Crippen molar-refractivity contribution in [1.29, 1.82) is 0 Å². The second kappa shape index (κ2) is 11.2. The van der Waals surface area contributed by atoms with Gasteiger partial charge < -0.3 is 14.6 Å². The van der Waals surface area contributed by atoms with Crippen LogP contribution in [-0.2, 0) is 10.3 Å². The topological polar surface area (TPSA) is 38.7 Å². The molecule has 4 aromatic carbocycles. The van der Waals surface area contributed by atoms with E-state index in [0.29, 0.717) is 5.75 Å². The number of hydrogen-bond donors (Lipinski definition) is 1. The summed E-state index contributed by atoms with van der Waals surface area (Å²) in [6.07, 6.45) is -0.657. The molecule has 1 atom stereocenters. The van der Waals surface area contributed by atoms with Crippen LogP contribution in [0, 0.1) is 0 Å². The summed E-state index contributed by atoms with van der Waals surface area (Å²) in [5.74, 6) is 1.30. The van der Waals surface area contributed by atoms with Crippen molar-refractivity contribution in [3.8, 4) is 5.75 Å². The standard InChI is InChI=1S/C29H28O3S/c1-31-27-19-11-12-20-28(27)33-22-26(30)21-32-29(23-13-5-2-6-14-23,24-15-7-3-8-16-24)25-17-9-4-10-18-25/h2-20,26,30H,21-22H2,1H3/t26-/m1/s1. The van der Waals surface area contributed by atoms with Gasteiger partial charge >= 0.3 is 0 Å². The molecule has 0 fully saturated rings. The molecular formula is C29H28O3S. The van der Waals surface area contributed by atoms with Gasteiger partial charge in [-0.1, -0.05) is 103 Å². The van der Waals surface area contributed by atoms with E-state index in [0.717, 1.165) is 27.3 Å². The molecule has 0 bridgehead atoms. The van der Waals surface area contributed by atoms with E-state index in [1.54, 1.807) is 18.9 Å². The largest absolute Gasteiger partial charge is 0.496 e. The van der Waals surface area contributed by atoms with Gasteiger partial charge in [-0.05, 0) is 28.8 Å². The molecule has 0 radical (unpaired) electrons. The second-order valence-electron chi connectivity index (χ2n) is 7.71. The summed E-state index contributed by atoms with van der Waals surface area (Å²) in [6.45, 7) is 0.181. The Morgan fingerprint density at radius 3 is 1.64 bits per heavy atom. The van der Waals surface area contributed by atoms with Crippen LogP contribution < -0.4 is 4.74 Å². The van der Waals surface area contributed by atoms with Gasteiger partial charge in [-0.3, -0.25) is 0 Å². The van der Waals surface area contributed by atoms with E-state index in [4.69, 9.17) is 9.47 Å². The molecule has 3 nitrogen and oxygen atoms in total. The summed E-state index contributed by atoms with van der Waals surface area (Å²) in [5, 5.41) is 10.9. The maximum Gasteiger partial charge on any atom is 0.143 e. The average molecular weight is 457 g/mol. The van der Waals surface area contributed by atoms with Crippen molar-refractivity contribution in [3.63, 3.8) is 0 Å². The Labute approximate surface area is 200 Å². The van der Waals surface area contributed by atoms with Gasteiger partial charge in [0.25, 0.3) is 0 Å². The number of benzene rings is 4. The minimum atomic E-state index is -0.833. The monoisotopic (exact) mass is 456 g/mol. The lowest BCUT2D eigenvalue weighted by atomic mass is 9.80. The predicted octanol–water partition coefficient (Wildman–Crippen LogP) is 6.16. The smallest absolute Gasteiger partial charge is 0.143 e. The summed E-state index contributed by atoms with van der Waals surface area (Å²) in [5.41, 5.74) is 2.23. The maximum atomic E-state index is 10.9. The number of rotatable bonds is 10. The lowest BCUT2D eigenvalue weighted by molar-refractivity contribution is -0.0311. The van der Waals surface area contributed by atoms with Crippen molar-refractivity contribution in [2.24, 2.45) is 0 Å². The molecule has 0 unspecified atom stereocenters. The van der Waals surface area contributed by atoms with Gasteiger partial charge in [0.2, 0.25) is 0 Å². The molecule has 0 aliphatic carbocycles.